The van der Waals surface area contributed by atoms with Gasteiger partial charge < -0.3 is 5.32 Å². The quantitative estimate of drug-likeness (QED) is 0.784. The highest BCUT2D eigenvalue weighted by atomic mass is 35.5. The van der Waals surface area contributed by atoms with E-state index in [-0.39, 0.29) is 6.04 Å². The number of alkyl halides is 1. The smallest absolute Gasteiger partial charge is 0.0409 e. The Labute approximate surface area is 124 Å². The fourth-order valence-corrected chi connectivity index (χ4v) is 2.42. The predicted octanol–water partition coefficient (Wildman–Crippen LogP) is 4.28. The monoisotopic (exact) mass is 293 g/mol. The van der Waals surface area contributed by atoms with E-state index in [1.165, 1.54) is 11.1 Å². The second kappa shape index (κ2) is 7.54. The molecule has 2 aromatic rings. The van der Waals surface area contributed by atoms with E-state index in [0.717, 1.165) is 18.0 Å². The van der Waals surface area contributed by atoms with Crippen molar-refractivity contribution in [3.63, 3.8) is 0 Å². The highest BCUT2D eigenvalue weighted by Gasteiger charge is 2.07. The lowest BCUT2D eigenvalue weighted by Gasteiger charge is -2.16. The zero-order valence-electron chi connectivity index (χ0n) is 10.7. The molecule has 0 aliphatic rings. The molecular weight excluding hydrogens is 277 g/mol. The number of hydrogen-bond acceptors (Lipinski definition) is 1. The number of nitrogens with one attached hydrogen (secondary N) is 1. The lowest BCUT2D eigenvalue weighted by molar-refractivity contribution is 0.550. The molecule has 1 N–H and O–H groups in total. The minimum absolute atomic E-state index is 0.267. The van der Waals surface area contributed by atoms with E-state index in [4.69, 9.17) is 23.2 Å². The maximum atomic E-state index is 6.03. The summed E-state index contributed by atoms with van der Waals surface area (Å²) in [4.78, 5) is 0. The summed E-state index contributed by atoms with van der Waals surface area (Å²) >= 11 is 12.0. The SMILES string of the molecule is ClCC(Cc1ccccc1)NCc1cccc(Cl)c1. The maximum Gasteiger partial charge on any atom is 0.0409 e. The van der Waals surface area contributed by atoms with Crippen molar-refractivity contribution < 1.29 is 0 Å². The molecule has 0 spiro atoms. The lowest BCUT2D eigenvalue weighted by atomic mass is 10.1. The molecule has 0 aliphatic heterocycles. The van der Waals surface area contributed by atoms with Crippen LogP contribution in [0, 0.1) is 0 Å². The summed E-state index contributed by atoms with van der Waals surface area (Å²) in [7, 11) is 0. The van der Waals surface area contributed by atoms with E-state index < -0.39 is 0 Å². The van der Waals surface area contributed by atoms with E-state index in [2.05, 4.69) is 35.6 Å². The number of halogens is 2. The first kappa shape index (κ1) is 14.4. The molecule has 0 bridgehead atoms. The molecule has 2 rings (SSSR count). The average molecular weight is 294 g/mol. The summed E-state index contributed by atoms with van der Waals surface area (Å²) in [6, 6.07) is 18.5. The van der Waals surface area contributed by atoms with Gasteiger partial charge in [-0.15, -0.1) is 11.6 Å². The molecule has 0 saturated carbocycles. The van der Waals surface area contributed by atoms with Crippen molar-refractivity contribution in [2.45, 2.75) is 19.0 Å². The number of rotatable bonds is 6. The molecule has 2 aromatic carbocycles. The molecule has 0 saturated heterocycles. The van der Waals surface area contributed by atoms with Gasteiger partial charge in [-0.1, -0.05) is 54.1 Å². The van der Waals surface area contributed by atoms with Gasteiger partial charge in [0.2, 0.25) is 0 Å². The van der Waals surface area contributed by atoms with Crippen LogP contribution in [0.15, 0.2) is 54.6 Å². The van der Waals surface area contributed by atoms with Crippen LogP contribution in [-0.4, -0.2) is 11.9 Å². The van der Waals surface area contributed by atoms with Gasteiger partial charge in [-0.25, -0.2) is 0 Å². The molecule has 1 nitrogen and oxygen atoms in total. The minimum atomic E-state index is 0.267. The Morgan fingerprint density at radius 2 is 1.68 bits per heavy atom. The third-order valence-corrected chi connectivity index (χ3v) is 3.60. The van der Waals surface area contributed by atoms with E-state index in [1.54, 1.807) is 0 Å². The van der Waals surface area contributed by atoms with E-state index in [0.29, 0.717) is 5.88 Å². The van der Waals surface area contributed by atoms with Gasteiger partial charge in [0.1, 0.15) is 0 Å². The Morgan fingerprint density at radius 3 is 2.37 bits per heavy atom. The second-order valence-electron chi connectivity index (χ2n) is 4.55. The molecule has 100 valence electrons. The summed E-state index contributed by atoms with van der Waals surface area (Å²) < 4.78 is 0. The van der Waals surface area contributed by atoms with Gasteiger partial charge in [0.15, 0.2) is 0 Å². The third-order valence-electron chi connectivity index (χ3n) is 3.00. The Balaban J connectivity index is 1.89. The molecule has 0 radical (unpaired) electrons. The van der Waals surface area contributed by atoms with E-state index in [1.807, 2.05) is 24.3 Å². The topological polar surface area (TPSA) is 12.0 Å². The van der Waals surface area contributed by atoms with Gasteiger partial charge in [-0.3, -0.25) is 0 Å². The van der Waals surface area contributed by atoms with Crippen LogP contribution in [0.1, 0.15) is 11.1 Å². The van der Waals surface area contributed by atoms with Crippen LogP contribution in [0.25, 0.3) is 0 Å². The summed E-state index contributed by atoms with van der Waals surface area (Å²) in [5.41, 5.74) is 2.47. The van der Waals surface area contributed by atoms with Crippen LogP contribution in [0.4, 0.5) is 0 Å². The van der Waals surface area contributed by atoms with Crippen molar-refractivity contribution in [3.8, 4) is 0 Å². The Hall–Kier alpha value is -1.02. The van der Waals surface area contributed by atoms with Crippen LogP contribution in [0.3, 0.4) is 0 Å². The predicted molar refractivity (Wildman–Crippen MR) is 82.9 cm³/mol. The van der Waals surface area contributed by atoms with Gasteiger partial charge in [0.25, 0.3) is 0 Å². The highest BCUT2D eigenvalue weighted by Crippen LogP contribution is 2.11. The lowest BCUT2D eigenvalue weighted by Crippen LogP contribution is -2.32. The summed E-state index contributed by atoms with van der Waals surface area (Å²) in [6.07, 6.45) is 0.935. The number of benzene rings is 2. The van der Waals surface area contributed by atoms with Crippen LogP contribution in [-0.2, 0) is 13.0 Å². The molecule has 1 atom stereocenters. The van der Waals surface area contributed by atoms with Gasteiger partial charge >= 0.3 is 0 Å². The van der Waals surface area contributed by atoms with Gasteiger partial charge in [-0.05, 0) is 29.7 Å². The molecular formula is C16H17Cl2N. The van der Waals surface area contributed by atoms with Crippen molar-refractivity contribution >= 4 is 23.2 Å². The summed E-state index contributed by atoms with van der Waals surface area (Å²) in [5, 5.41) is 4.24. The van der Waals surface area contributed by atoms with Crippen molar-refractivity contribution in [3.05, 3.63) is 70.7 Å². The fraction of sp³-hybridized carbons (Fsp3) is 0.250. The van der Waals surface area contributed by atoms with Crippen molar-refractivity contribution in [1.82, 2.24) is 5.32 Å². The fourth-order valence-electron chi connectivity index (χ4n) is 1.99. The van der Waals surface area contributed by atoms with Crippen LogP contribution >= 0.6 is 23.2 Å². The Morgan fingerprint density at radius 1 is 0.947 bits per heavy atom. The first-order valence-corrected chi connectivity index (χ1v) is 7.27. The normalized spacial score (nSPS) is 12.3. The standard InChI is InChI=1S/C16H17Cl2N/c17-11-16(10-13-5-2-1-3-6-13)19-12-14-7-4-8-15(18)9-14/h1-9,16,19H,10-12H2. The summed E-state index contributed by atoms with van der Waals surface area (Å²) in [6.45, 7) is 0.783. The highest BCUT2D eigenvalue weighted by molar-refractivity contribution is 6.30. The molecule has 0 amide bonds. The van der Waals surface area contributed by atoms with Gasteiger partial charge in [0.05, 0.1) is 0 Å². The summed E-state index contributed by atoms with van der Waals surface area (Å²) in [5.74, 6) is 0.593. The van der Waals surface area contributed by atoms with Gasteiger partial charge in [0, 0.05) is 23.5 Å². The zero-order chi connectivity index (χ0) is 13.5. The zero-order valence-corrected chi connectivity index (χ0v) is 12.2. The van der Waals surface area contributed by atoms with E-state index >= 15 is 0 Å². The molecule has 1 unspecified atom stereocenters. The Bertz CT molecular complexity index is 499. The minimum Gasteiger partial charge on any atom is -0.308 e. The Kier molecular flexibility index (Phi) is 5.71. The molecule has 0 fully saturated rings. The third kappa shape index (κ3) is 4.87. The molecule has 0 heterocycles. The molecule has 0 aromatic heterocycles. The van der Waals surface area contributed by atoms with Crippen molar-refractivity contribution in [1.29, 1.82) is 0 Å². The van der Waals surface area contributed by atoms with E-state index in [9.17, 15) is 0 Å². The first-order valence-electron chi connectivity index (χ1n) is 6.35. The molecule has 3 heteroatoms. The second-order valence-corrected chi connectivity index (χ2v) is 5.30. The maximum absolute atomic E-state index is 6.03. The van der Waals surface area contributed by atoms with Crippen LogP contribution in [0.2, 0.25) is 5.02 Å². The molecule has 0 aliphatic carbocycles. The number of hydrogen-bond donors (Lipinski definition) is 1. The van der Waals surface area contributed by atoms with Crippen LogP contribution < -0.4 is 5.32 Å². The molecule has 19 heavy (non-hydrogen) atoms. The van der Waals surface area contributed by atoms with Crippen molar-refractivity contribution in [2.24, 2.45) is 0 Å². The van der Waals surface area contributed by atoms with Gasteiger partial charge in [-0.2, -0.15) is 0 Å². The average Bonchev–Trinajstić information content (AvgIpc) is 2.44. The largest absolute Gasteiger partial charge is 0.308 e. The first-order chi connectivity index (χ1) is 9.28. The van der Waals surface area contributed by atoms with Crippen LogP contribution in [0.5, 0.6) is 0 Å². The van der Waals surface area contributed by atoms with Crippen molar-refractivity contribution in [2.75, 3.05) is 5.88 Å².